The van der Waals surface area contributed by atoms with Crippen molar-refractivity contribution >= 4 is 29.3 Å². The number of hydrogen-bond donors (Lipinski definition) is 0. The molecule has 14 heavy (non-hydrogen) atoms. The molecule has 0 saturated heterocycles. The Kier molecular flexibility index (Phi) is 9.31. The maximum Gasteiger partial charge on any atom is 0.409 e. The van der Waals surface area contributed by atoms with E-state index >= 15 is 0 Å². The van der Waals surface area contributed by atoms with Crippen LogP contribution in [-0.4, -0.2) is 42.4 Å². The van der Waals surface area contributed by atoms with Crippen LogP contribution in [0.2, 0.25) is 0 Å². The summed E-state index contributed by atoms with van der Waals surface area (Å²) < 4.78 is 5.02. The molecule has 0 radical (unpaired) electrons. The predicted octanol–water partition coefficient (Wildman–Crippen LogP) is 2.70. The van der Waals surface area contributed by atoms with Gasteiger partial charge in [-0.25, -0.2) is 4.79 Å². The van der Waals surface area contributed by atoms with Crippen molar-refractivity contribution in [1.82, 2.24) is 4.90 Å². The molecule has 0 unspecified atom stereocenters. The number of nitrogens with zero attached hydrogens (tertiary/aromatic N) is 1. The minimum absolute atomic E-state index is 0.320. The number of carbonyl (C=O) groups is 1. The van der Waals surface area contributed by atoms with E-state index in [9.17, 15) is 4.79 Å². The Labute approximate surface area is 95.3 Å². The van der Waals surface area contributed by atoms with Crippen molar-refractivity contribution in [1.29, 1.82) is 0 Å². The zero-order valence-corrected chi connectivity index (χ0v) is 9.98. The van der Waals surface area contributed by atoms with Crippen molar-refractivity contribution in [2.45, 2.75) is 19.8 Å². The van der Waals surface area contributed by atoms with E-state index in [0.29, 0.717) is 31.5 Å². The molecule has 0 saturated carbocycles. The summed E-state index contributed by atoms with van der Waals surface area (Å²) in [5.41, 5.74) is 0. The molecule has 0 aliphatic carbocycles. The second-order valence-corrected chi connectivity index (χ2v) is 3.59. The van der Waals surface area contributed by atoms with E-state index in [1.165, 1.54) is 4.90 Å². The van der Waals surface area contributed by atoms with Gasteiger partial charge in [0.25, 0.3) is 0 Å². The van der Waals surface area contributed by atoms with Crippen LogP contribution in [0.5, 0.6) is 0 Å². The van der Waals surface area contributed by atoms with Gasteiger partial charge in [-0.15, -0.1) is 23.2 Å². The molecule has 3 nitrogen and oxygen atoms in total. The molecule has 0 aromatic rings. The Morgan fingerprint density at radius 1 is 1.29 bits per heavy atom. The van der Waals surface area contributed by atoms with Crippen LogP contribution in [0.15, 0.2) is 0 Å². The monoisotopic (exact) mass is 241 g/mol. The Bertz CT molecular complexity index is 150. The van der Waals surface area contributed by atoms with E-state index in [-0.39, 0.29) is 6.09 Å². The van der Waals surface area contributed by atoms with E-state index in [1.54, 1.807) is 0 Å². The topological polar surface area (TPSA) is 29.5 Å². The molecular formula is C9H17Cl2NO2. The minimum Gasteiger partial charge on any atom is -0.449 e. The Hall–Kier alpha value is -0.150. The van der Waals surface area contributed by atoms with Crippen LogP contribution in [0.3, 0.4) is 0 Å². The number of halogens is 2. The summed E-state index contributed by atoms with van der Waals surface area (Å²) in [7, 11) is 0. The van der Waals surface area contributed by atoms with Crippen molar-refractivity contribution in [2.24, 2.45) is 0 Å². The molecule has 0 rings (SSSR count). The number of ether oxygens (including phenoxy) is 1. The normalized spacial score (nSPS) is 9.93. The molecule has 1 amide bonds. The molecule has 0 spiro atoms. The summed E-state index contributed by atoms with van der Waals surface area (Å²) in [6.07, 6.45) is 1.58. The van der Waals surface area contributed by atoms with Crippen LogP contribution < -0.4 is 0 Å². The fraction of sp³-hybridized carbons (Fsp3) is 0.889. The first-order valence-electron chi connectivity index (χ1n) is 4.79. The van der Waals surface area contributed by atoms with Gasteiger partial charge in [0.1, 0.15) is 0 Å². The van der Waals surface area contributed by atoms with Gasteiger partial charge in [-0.3, -0.25) is 0 Å². The van der Waals surface area contributed by atoms with Crippen LogP contribution in [0, 0.1) is 0 Å². The highest BCUT2D eigenvalue weighted by atomic mass is 35.5. The second-order valence-electron chi connectivity index (χ2n) is 2.83. The van der Waals surface area contributed by atoms with Crippen molar-refractivity contribution in [3.05, 3.63) is 0 Å². The van der Waals surface area contributed by atoms with Gasteiger partial charge in [0, 0.05) is 24.8 Å². The average Bonchev–Trinajstić information content (AvgIpc) is 2.18. The molecule has 0 aliphatic rings. The number of carbonyl (C=O) groups excluding carboxylic acids is 1. The van der Waals surface area contributed by atoms with E-state index in [0.717, 1.165) is 12.8 Å². The van der Waals surface area contributed by atoms with E-state index < -0.39 is 0 Å². The van der Waals surface area contributed by atoms with Gasteiger partial charge in [0.15, 0.2) is 0 Å². The van der Waals surface area contributed by atoms with E-state index in [2.05, 4.69) is 0 Å². The van der Waals surface area contributed by atoms with Gasteiger partial charge < -0.3 is 9.64 Å². The third-order valence-corrected chi connectivity index (χ3v) is 2.03. The number of unbranched alkanes of at least 4 members (excludes halogenated alkanes) is 1. The maximum absolute atomic E-state index is 11.4. The summed E-state index contributed by atoms with van der Waals surface area (Å²) in [6, 6.07) is 0. The molecule has 0 atom stereocenters. The van der Waals surface area contributed by atoms with Crippen molar-refractivity contribution in [3.8, 4) is 0 Å². The zero-order valence-electron chi connectivity index (χ0n) is 8.47. The molecule has 0 aromatic heterocycles. The number of hydrogen-bond acceptors (Lipinski definition) is 2. The van der Waals surface area contributed by atoms with Gasteiger partial charge in [-0.1, -0.05) is 13.3 Å². The lowest BCUT2D eigenvalue weighted by Gasteiger charge is -2.19. The number of rotatable bonds is 7. The van der Waals surface area contributed by atoms with Gasteiger partial charge in [0.05, 0.1) is 6.61 Å². The van der Waals surface area contributed by atoms with Gasteiger partial charge in [0.2, 0.25) is 0 Å². The lowest BCUT2D eigenvalue weighted by molar-refractivity contribution is 0.105. The first-order valence-corrected chi connectivity index (χ1v) is 5.86. The van der Waals surface area contributed by atoms with Gasteiger partial charge >= 0.3 is 6.09 Å². The highest BCUT2D eigenvalue weighted by Crippen LogP contribution is 1.98. The first kappa shape index (κ1) is 13.8. The second kappa shape index (κ2) is 9.41. The van der Waals surface area contributed by atoms with Crippen molar-refractivity contribution < 1.29 is 9.53 Å². The van der Waals surface area contributed by atoms with Crippen LogP contribution in [0.4, 0.5) is 4.79 Å². The standard InChI is InChI=1S/C9H17Cl2NO2/c1-2-3-8-14-9(13)12(6-4-10)7-5-11/h2-8H2,1H3. The van der Waals surface area contributed by atoms with E-state index in [4.69, 9.17) is 27.9 Å². The summed E-state index contributed by atoms with van der Waals surface area (Å²) in [4.78, 5) is 12.9. The summed E-state index contributed by atoms with van der Waals surface area (Å²) in [5.74, 6) is 0.805. The number of amides is 1. The molecule has 0 aliphatic heterocycles. The highest BCUT2D eigenvalue weighted by molar-refractivity contribution is 6.18. The van der Waals surface area contributed by atoms with Crippen LogP contribution in [0.25, 0.3) is 0 Å². The maximum atomic E-state index is 11.4. The van der Waals surface area contributed by atoms with Crippen LogP contribution >= 0.6 is 23.2 Å². The number of alkyl halides is 2. The van der Waals surface area contributed by atoms with Crippen LogP contribution in [-0.2, 0) is 4.74 Å². The third kappa shape index (κ3) is 6.33. The molecule has 84 valence electrons. The molecule has 0 fully saturated rings. The Balaban J connectivity index is 3.76. The third-order valence-electron chi connectivity index (χ3n) is 1.69. The molecule has 0 N–H and O–H groups in total. The SMILES string of the molecule is CCCCOC(=O)N(CCCl)CCCl. The van der Waals surface area contributed by atoms with E-state index in [1.807, 2.05) is 6.92 Å². The largest absolute Gasteiger partial charge is 0.449 e. The minimum atomic E-state index is -0.320. The summed E-state index contributed by atoms with van der Waals surface area (Å²) in [6.45, 7) is 3.48. The average molecular weight is 242 g/mol. The summed E-state index contributed by atoms with van der Waals surface area (Å²) in [5, 5.41) is 0. The quantitative estimate of drug-likeness (QED) is 0.507. The summed E-state index contributed by atoms with van der Waals surface area (Å²) >= 11 is 11.1. The first-order chi connectivity index (χ1) is 6.76. The van der Waals surface area contributed by atoms with Gasteiger partial charge in [-0.05, 0) is 6.42 Å². The van der Waals surface area contributed by atoms with Crippen molar-refractivity contribution in [3.63, 3.8) is 0 Å². The highest BCUT2D eigenvalue weighted by Gasteiger charge is 2.12. The van der Waals surface area contributed by atoms with Crippen molar-refractivity contribution in [2.75, 3.05) is 31.5 Å². The molecule has 5 heteroatoms. The Morgan fingerprint density at radius 2 is 1.86 bits per heavy atom. The molecule has 0 heterocycles. The molecule has 0 bridgehead atoms. The van der Waals surface area contributed by atoms with Gasteiger partial charge in [-0.2, -0.15) is 0 Å². The smallest absolute Gasteiger partial charge is 0.409 e. The zero-order chi connectivity index (χ0) is 10.8. The lowest BCUT2D eigenvalue weighted by atomic mass is 10.4. The Morgan fingerprint density at radius 3 is 2.29 bits per heavy atom. The fourth-order valence-electron chi connectivity index (χ4n) is 0.894. The van der Waals surface area contributed by atoms with Crippen LogP contribution in [0.1, 0.15) is 19.8 Å². The predicted molar refractivity (Wildman–Crippen MR) is 59.3 cm³/mol. The lowest BCUT2D eigenvalue weighted by Crippen LogP contribution is -2.35. The molecule has 0 aromatic carbocycles. The fourth-order valence-corrected chi connectivity index (χ4v) is 1.30. The molecular weight excluding hydrogens is 225 g/mol.